The zero-order valence-corrected chi connectivity index (χ0v) is 9.34. The molecule has 0 bridgehead atoms. The van der Waals surface area contributed by atoms with Crippen LogP contribution in [-0.2, 0) is 9.53 Å². The van der Waals surface area contributed by atoms with Gasteiger partial charge in [0, 0.05) is 3.58 Å². The second-order valence-corrected chi connectivity index (χ2v) is 4.26. The summed E-state index contributed by atoms with van der Waals surface area (Å²) >= 11 is 2.16. The fraction of sp³-hybridized carbons (Fsp3) is 0.444. The molecule has 66 valence electrons. The Bertz CT molecular complexity index is 264. The van der Waals surface area contributed by atoms with Crippen molar-refractivity contribution in [3.05, 3.63) is 21.8 Å². The number of ether oxygens (including phenoxy) is 1. The van der Waals surface area contributed by atoms with Crippen molar-refractivity contribution >= 4 is 28.6 Å². The van der Waals surface area contributed by atoms with Gasteiger partial charge < -0.3 is 4.74 Å². The second-order valence-electron chi connectivity index (χ2n) is 3.19. The Hall–Kier alpha value is -0.320. The number of carbonyl (C=O) groups is 1. The maximum Gasteiger partial charge on any atom is 0.336 e. The van der Waals surface area contributed by atoms with Crippen LogP contribution in [0.15, 0.2) is 21.8 Å². The van der Waals surface area contributed by atoms with Gasteiger partial charge in [0.15, 0.2) is 0 Å². The summed E-state index contributed by atoms with van der Waals surface area (Å²) in [5.74, 6) is -0.204. The summed E-state index contributed by atoms with van der Waals surface area (Å²) in [4.78, 5) is 11.3. The first-order valence-corrected chi connectivity index (χ1v) is 4.80. The van der Waals surface area contributed by atoms with Crippen LogP contribution in [0.1, 0.15) is 20.3 Å². The Labute approximate surface area is 85.8 Å². The van der Waals surface area contributed by atoms with Crippen LogP contribution in [0.3, 0.4) is 0 Å². The third-order valence-electron chi connectivity index (χ3n) is 1.74. The van der Waals surface area contributed by atoms with E-state index < -0.39 is 5.60 Å². The van der Waals surface area contributed by atoms with E-state index in [-0.39, 0.29) is 5.97 Å². The standard InChI is InChI=1S/C9H11IO2/c1-4-5-6-7(10)9(2,3)12-8(6)11/h4H,1,5H2,2-3H3. The Morgan fingerprint density at radius 3 is 2.58 bits per heavy atom. The molecule has 0 unspecified atom stereocenters. The number of hydrogen-bond acceptors (Lipinski definition) is 2. The molecule has 0 aromatic carbocycles. The monoisotopic (exact) mass is 278 g/mol. The molecule has 1 aliphatic heterocycles. The highest BCUT2D eigenvalue weighted by Crippen LogP contribution is 2.38. The largest absolute Gasteiger partial charge is 0.451 e. The van der Waals surface area contributed by atoms with E-state index >= 15 is 0 Å². The van der Waals surface area contributed by atoms with E-state index in [4.69, 9.17) is 4.74 Å². The van der Waals surface area contributed by atoms with Crippen molar-refractivity contribution in [1.29, 1.82) is 0 Å². The van der Waals surface area contributed by atoms with Crippen LogP contribution < -0.4 is 0 Å². The number of hydrogen-bond donors (Lipinski definition) is 0. The van der Waals surface area contributed by atoms with Crippen molar-refractivity contribution in [3.8, 4) is 0 Å². The van der Waals surface area contributed by atoms with Gasteiger partial charge >= 0.3 is 5.97 Å². The van der Waals surface area contributed by atoms with Crippen molar-refractivity contribution in [2.75, 3.05) is 0 Å². The Kier molecular flexibility index (Phi) is 2.61. The van der Waals surface area contributed by atoms with E-state index in [0.29, 0.717) is 6.42 Å². The molecule has 0 atom stereocenters. The van der Waals surface area contributed by atoms with E-state index in [0.717, 1.165) is 9.15 Å². The summed E-state index contributed by atoms with van der Waals surface area (Å²) in [7, 11) is 0. The highest BCUT2D eigenvalue weighted by molar-refractivity contribution is 14.1. The van der Waals surface area contributed by atoms with Crippen molar-refractivity contribution in [1.82, 2.24) is 0 Å². The fourth-order valence-corrected chi connectivity index (χ4v) is 1.66. The number of halogens is 1. The number of esters is 1. The molecule has 0 saturated carbocycles. The minimum Gasteiger partial charge on any atom is -0.451 e. The van der Waals surface area contributed by atoms with Gasteiger partial charge in [0.25, 0.3) is 0 Å². The minimum atomic E-state index is -0.435. The van der Waals surface area contributed by atoms with Crippen LogP contribution in [0.4, 0.5) is 0 Å². The third kappa shape index (κ3) is 1.55. The van der Waals surface area contributed by atoms with Crippen LogP contribution in [-0.4, -0.2) is 11.6 Å². The summed E-state index contributed by atoms with van der Waals surface area (Å²) in [5.41, 5.74) is 0.311. The van der Waals surface area contributed by atoms with Gasteiger partial charge in [-0.2, -0.15) is 0 Å². The quantitative estimate of drug-likeness (QED) is 0.441. The predicted molar refractivity (Wildman–Crippen MR) is 56.0 cm³/mol. The third-order valence-corrected chi connectivity index (χ3v) is 3.69. The summed E-state index contributed by atoms with van der Waals surface area (Å²) in [6.45, 7) is 7.38. The predicted octanol–water partition coefficient (Wildman–Crippen LogP) is 2.59. The van der Waals surface area contributed by atoms with Crippen LogP contribution in [0.25, 0.3) is 0 Å². The Morgan fingerprint density at radius 1 is 1.67 bits per heavy atom. The number of cyclic esters (lactones) is 1. The molecule has 0 fully saturated rings. The van der Waals surface area contributed by atoms with Gasteiger partial charge in [-0.15, -0.1) is 6.58 Å². The average molecular weight is 278 g/mol. The molecule has 1 rings (SSSR count). The highest BCUT2D eigenvalue weighted by Gasteiger charge is 2.37. The van der Waals surface area contributed by atoms with Gasteiger partial charge in [-0.3, -0.25) is 0 Å². The fourth-order valence-electron chi connectivity index (χ4n) is 1.11. The summed E-state index contributed by atoms with van der Waals surface area (Å²) in [6.07, 6.45) is 2.32. The molecular formula is C9H11IO2. The second kappa shape index (κ2) is 3.20. The maximum absolute atomic E-state index is 11.3. The van der Waals surface area contributed by atoms with Gasteiger partial charge in [0.2, 0.25) is 0 Å². The lowest BCUT2D eigenvalue weighted by Gasteiger charge is -2.16. The summed E-state index contributed by atoms with van der Waals surface area (Å²) in [5, 5.41) is 0. The molecule has 0 spiro atoms. The topological polar surface area (TPSA) is 26.3 Å². The van der Waals surface area contributed by atoms with E-state index in [1.807, 2.05) is 13.8 Å². The van der Waals surface area contributed by atoms with Crippen LogP contribution in [0.5, 0.6) is 0 Å². The van der Waals surface area contributed by atoms with Crippen LogP contribution in [0.2, 0.25) is 0 Å². The van der Waals surface area contributed by atoms with Gasteiger partial charge in [-0.25, -0.2) is 4.79 Å². The van der Waals surface area contributed by atoms with Gasteiger partial charge in [0.1, 0.15) is 5.60 Å². The first kappa shape index (κ1) is 9.77. The zero-order valence-electron chi connectivity index (χ0n) is 7.19. The highest BCUT2D eigenvalue weighted by atomic mass is 127. The number of carbonyl (C=O) groups excluding carboxylic acids is 1. The molecule has 1 aliphatic rings. The molecule has 0 radical (unpaired) electrons. The van der Waals surface area contributed by atoms with Crippen molar-refractivity contribution in [2.24, 2.45) is 0 Å². The molecule has 0 aromatic rings. The molecule has 0 N–H and O–H groups in total. The summed E-state index contributed by atoms with van der Waals surface area (Å²) < 4.78 is 6.15. The minimum absolute atomic E-state index is 0.204. The molecule has 2 nitrogen and oxygen atoms in total. The molecular weight excluding hydrogens is 267 g/mol. The molecule has 0 aliphatic carbocycles. The van der Waals surface area contributed by atoms with E-state index in [9.17, 15) is 4.79 Å². The number of rotatable bonds is 2. The van der Waals surface area contributed by atoms with E-state index in [1.165, 1.54) is 0 Å². The Balaban J connectivity index is 3.01. The SMILES string of the molecule is C=CCC1=C(I)C(C)(C)OC1=O. The summed E-state index contributed by atoms with van der Waals surface area (Å²) in [6, 6.07) is 0. The molecule has 3 heteroatoms. The molecule has 0 amide bonds. The molecule has 12 heavy (non-hydrogen) atoms. The van der Waals surface area contributed by atoms with Crippen molar-refractivity contribution in [2.45, 2.75) is 25.9 Å². The van der Waals surface area contributed by atoms with E-state index in [2.05, 4.69) is 29.2 Å². The zero-order chi connectivity index (χ0) is 9.35. The van der Waals surface area contributed by atoms with Gasteiger partial charge in [0.05, 0.1) is 5.57 Å². The molecule has 1 heterocycles. The molecule has 0 saturated heterocycles. The molecule has 0 aromatic heterocycles. The van der Waals surface area contributed by atoms with Crippen LogP contribution in [0, 0.1) is 0 Å². The van der Waals surface area contributed by atoms with E-state index in [1.54, 1.807) is 6.08 Å². The maximum atomic E-state index is 11.3. The normalized spacial score (nSPS) is 21.1. The smallest absolute Gasteiger partial charge is 0.336 e. The Morgan fingerprint density at radius 2 is 2.25 bits per heavy atom. The number of allylic oxidation sites excluding steroid dienone is 1. The lowest BCUT2D eigenvalue weighted by atomic mass is 10.1. The van der Waals surface area contributed by atoms with Crippen molar-refractivity contribution < 1.29 is 9.53 Å². The lowest BCUT2D eigenvalue weighted by molar-refractivity contribution is -0.144. The first-order chi connectivity index (χ1) is 5.49. The lowest BCUT2D eigenvalue weighted by Crippen LogP contribution is -2.20. The van der Waals surface area contributed by atoms with Crippen molar-refractivity contribution in [3.63, 3.8) is 0 Å². The van der Waals surface area contributed by atoms with Gasteiger partial charge in [-0.1, -0.05) is 6.08 Å². The first-order valence-electron chi connectivity index (χ1n) is 3.72. The van der Waals surface area contributed by atoms with Gasteiger partial charge in [-0.05, 0) is 42.9 Å². The van der Waals surface area contributed by atoms with Crippen LogP contribution >= 0.6 is 22.6 Å². The average Bonchev–Trinajstić information content (AvgIpc) is 2.13.